The number of ether oxygens (including phenoxy) is 1. The molecule has 0 aromatic carbocycles. The molecule has 9 heteroatoms. The number of amides is 1. The van der Waals surface area contributed by atoms with Gasteiger partial charge < -0.3 is 24.4 Å². The van der Waals surface area contributed by atoms with E-state index in [0.717, 1.165) is 62.5 Å². The van der Waals surface area contributed by atoms with Gasteiger partial charge in [0, 0.05) is 45.2 Å². The van der Waals surface area contributed by atoms with Crippen LogP contribution in [0.4, 0.5) is 11.8 Å². The molecule has 2 saturated heterocycles. The van der Waals surface area contributed by atoms with Crippen LogP contribution in [0.1, 0.15) is 39.2 Å². The Morgan fingerprint density at radius 2 is 2.04 bits per heavy atom. The van der Waals surface area contributed by atoms with Crippen molar-refractivity contribution in [3.63, 3.8) is 0 Å². The number of carbonyl (C=O) groups excluding carboxylic acids is 1. The zero-order valence-corrected chi connectivity index (χ0v) is 16.7. The van der Waals surface area contributed by atoms with Crippen molar-refractivity contribution in [3.8, 4) is 0 Å². The van der Waals surface area contributed by atoms with E-state index >= 15 is 0 Å². The van der Waals surface area contributed by atoms with Gasteiger partial charge in [0.2, 0.25) is 11.9 Å². The highest BCUT2D eigenvalue weighted by Gasteiger charge is 2.22. The van der Waals surface area contributed by atoms with E-state index in [1.54, 1.807) is 0 Å². The molecule has 2 aliphatic rings. The second kappa shape index (κ2) is 8.30. The van der Waals surface area contributed by atoms with E-state index in [4.69, 9.17) is 14.7 Å². The number of rotatable bonds is 7. The summed E-state index contributed by atoms with van der Waals surface area (Å²) in [4.78, 5) is 30.0. The van der Waals surface area contributed by atoms with E-state index in [-0.39, 0.29) is 11.9 Å². The highest BCUT2D eigenvalue weighted by Crippen LogP contribution is 2.26. The van der Waals surface area contributed by atoms with Crippen molar-refractivity contribution in [2.45, 2.75) is 39.2 Å². The maximum atomic E-state index is 11.7. The van der Waals surface area contributed by atoms with Crippen molar-refractivity contribution in [1.29, 1.82) is 0 Å². The lowest BCUT2D eigenvalue weighted by Crippen LogP contribution is -2.37. The molecule has 0 aliphatic carbocycles. The third kappa shape index (κ3) is 3.89. The van der Waals surface area contributed by atoms with E-state index in [1.807, 2.05) is 11.2 Å². The van der Waals surface area contributed by atoms with E-state index in [0.29, 0.717) is 25.6 Å². The summed E-state index contributed by atoms with van der Waals surface area (Å²) >= 11 is 0. The molecule has 1 amide bonds. The van der Waals surface area contributed by atoms with Gasteiger partial charge in [-0.15, -0.1) is 0 Å². The number of imidazole rings is 1. The highest BCUT2D eigenvalue weighted by molar-refractivity contribution is 5.85. The van der Waals surface area contributed by atoms with Gasteiger partial charge in [0.15, 0.2) is 17.0 Å². The predicted molar refractivity (Wildman–Crippen MR) is 108 cm³/mol. The number of anilines is 2. The molecule has 9 nitrogen and oxygen atoms in total. The topological polar surface area (TPSA) is 88.4 Å². The highest BCUT2D eigenvalue weighted by atomic mass is 16.5. The first-order valence-electron chi connectivity index (χ1n) is 10.2. The lowest BCUT2D eigenvalue weighted by Gasteiger charge is -2.28. The molecule has 2 aromatic heterocycles. The van der Waals surface area contributed by atoms with Crippen LogP contribution in [0.15, 0.2) is 6.33 Å². The van der Waals surface area contributed by atoms with Crippen LogP contribution < -0.4 is 10.2 Å². The average molecular weight is 387 g/mol. The van der Waals surface area contributed by atoms with Gasteiger partial charge in [0.1, 0.15) is 0 Å². The zero-order valence-electron chi connectivity index (χ0n) is 16.7. The Kier molecular flexibility index (Phi) is 5.61. The van der Waals surface area contributed by atoms with Crippen molar-refractivity contribution in [2.75, 3.05) is 56.2 Å². The van der Waals surface area contributed by atoms with Gasteiger partial charge in [-0.2, -0.15) is 9.97 Å². The number of fused-ring (bicyclic) bond motifs is 1. The molecule has 0 unspecified atom stereocenters. The molecule has 2 aromatic rings. The van der Waals surface area contributed by atoms with Gasteiger partial charge in [-0.3, -0.25) is 4.79 Å². The lowest BCUT2D eigenvalue weighted by atomic mass is 10.3. The Morgan fingerprint density at radius 3 is 2.75 bits per heavy atom. The molecule has 0 saturated carbocycles. The molecule has 152 valence electrons. The van der Waals surface area contributed by atoms with Crippen LogP contribution >= 0.6 is 0 Å². The predicted octanol–water partition coefficient (Wildman–Crippen LogP) is 1.67. The fraction of sp³-hybridized carbons (Fsp3) is 0.684. The molecule has 0 radical (unpaired) electrons. The van der Waals surface area contributed by atoms with Gasteiger partial charge in [0.05, 0.1) is 19.5 Å². The zero-order chi connectivity index (χ0) is 19.5. The van der Waals surface area contributed by atoms with Crippen molar-refractivity contribution in [1.82, 2.24) is 24.4 Å². The summed E-state index contributed by atoms with van der Waals surface area (Å²) in [7, 11) is 0. The summed E-state index contributed by atoms with van der Waals surface area (Å²) < 4.78 is 7.56. The largest absolute Gasteiger partial charge is 0.378 e. The number of nitrogens with one attached hydrogen (secondary N) is 1. The second-order valence-electron chi connectivity index (χ2n) is 7.65. The fourth-order valence-electron chi connectivity index (χ4n) is 3.76. The minimum absolute atomic E-state index is 0.270. The Morgan fingerprint density at radius 1 is 1.21 bits per heavy atom. The first kappa shape index (κ1) is 18.9. The molecular weight excluding hydrogens is 358 g/mol. The van der Waals surface area contributed by atoms with Crippen LogP contribution in [0.3, 0.4) is 0 Å². The summed E-state index contributed by atoms with van der Waals surface area (Å²) in [5.41, 5.74) is 1.69. The maximum absolute atomic E-state index is 11.7. The lowest BCUT2D eigenvalue weighted by molar-refractivity contribution is -0.127. The quantitative estimate of drug-likeness (QED) is 0.723. The van der Waals surface area contributed by atoms with Crippen molar-refractivity contribution in [3.05, 3.63) is 6.33 Å². The number of nitrogens with zero attached hydrogens (tertiary/aromatic N) is 6. The molecule has 0 atom stereocenters. The first-order valence-corrected chi connectivity index (χ1v) is 10.2. The third-order valence-electron chi connectivity index (χ3n) is 5.33. The normalized spacial score (nSPS) is 17.9. The van der Waals surface area contributed by atoms with Gasteiger partial charge in [0.25, 0.3) is 0 Å². The van der Waals surface area contributed by atoms with Crippen molar-refractivity contribution in [2.24, 2.45) is 0 Å². The van der Waals surface area contributed by atoms with E-state index in [2.05, 4.69) is 33.6 Å². The number of aromatic nitrogens is 4. The van der Waals surface area contributed by atoms with Gasteiger partial charge in [-0.05, 0) is 26.7 Å². The number of likely N-dealkylation sites (tertiary alicyclic amines) is 1. The Balaban J connectivity index is 1.51. The second-order valence-corrected chi connectivity index (χ2v) is 7.65. The fourth-order valence-corrected chi connectivity index (χ4v) is 3.76. The SMILES string of the molecule is CC(C)n1cnc2c(N3CCOCC3)nc(NCCCN3CCCC3=O)nc21. The summed E-state index contributed by atoms with van der Waals surface area (Å²) in [5, 5.41) is 3.35. The number of morpholine rings is 1. The third-order valence-corrected chi connectivity index (χ3v) is 5.33. The molecular formula is C19H29N7O2. The molecule has 0 bridgehead atoms. The van der Waals surface area contributed by atoms with Crippen LogP contribution in [-0.2, 0) is 9.53 Å². The Hall–Kier alpha value is -2.42. The molecule has 28 heavy (non-hydrogen) atoms. The van der Waals surface area contributed by atoms with Crippen LogP contribution in [-0.4, -0.2) is 76.3 Å². The smallest absolute Gasteiger partial charge is 0.226 e. The first-order chi connectivity index (χ1) is 13.6. The van der Waals surface area contributed by atoms with Crippen molar-refractivity contribution < 1.29 is 9.53 Å². The summed E-state index contributed by atoms with van der Waals surface area (Å²) in [6.45, 7) is 9.65. The Labute approximate surface area is 165 Å². The van der Waals surface area contributed by atoms with Gasteiger partial charge in [-0.25, -0.2) is 4.98 Å². The minimum atomic E-state index is 0.270. The molecule has 1 N–H and O–H groups in total. The standard InChI is InChI=1S/C19H29N7O2/c1-14(2)26-13-21-16-17(25-9-11-28-12-10-25)22-19(23-18(16)26)20-6-4-8-24-7-3-5-15(24)27/h13-14H,3-12H2,1-2H3,(H,20,22,23). The monoisotopic (exact) mass is 387 g/mol. The number of hydrogen-bond acceptors (Lipinski definition) is 7. The molecule has 0 spiro atoms. The summed E-state index contributed by atoms with van der Waals surface area (Å²) in [6.07, 6.45) is 4.39. The van der Waals surface area contributed by atoms with E-state index in [1.165, 1.54) is 0 Å². The van der Waals surface area contributed by atoms with Crippen LogP contribution in [0.5, 0.6) is 0 Å². The van der Waals surface area contributed by atoms with Gasteiger partial charge >= 0.3 is 0 Å². The van der Waals surface area contributed by atoms with Crippen LogP contribution in [0.2, 0.25) is 0 Å². The van der Waals surface area contributed by atoms with E-state index < -0.39 is 0 Å². The van der Waals surface area contributed by atoms with Crippen LogP contribution in [0.25, 0.3) is 11.2 Å². The van der Waals surface area contributed by atoms with E-state index in [9.17, 15) is 4.79 Å². The summed E-state index contributed by atoms with van der Waals surface area (Å²) in [5.74, 6) is 1.75. The number of carbonyl (C=O) groups is 1. The van der Waals surface area contributed by atoms with Crippen LogP contribution in [0, 0.1) is 0 Å². The van der Waals surface area contributed by atoms with Gasteiger partial charge in [-0.1, -0.05) is 0 Å². The van der Waals surface area contributed by atoms with Crippen molar-refractivity contribution >= 4 is 28.8 Å². The minimum Gasteiger partial charge on any atom is -0.378 e. The molecule has 2 aliphatic heterocycles. The summed E-state index contributed by atoms with van der Waals surface area (Å²) in [6, 6.07) is 0.270. The molecule has 2 fully saturated rings. The molecule has 4 heterocycles. The average Bonchev–Trinajstić information content (AvgIpc) is 3.31. The maximum Gasteiger partial charge on any atom is 0.226 e. The number of hydrogen-bond donors (Lipinski definition) is 1. The molecule has 4 rings (SSSR count). The Bertz CT molecular complexity index is 829.